The summed E-state index contributed by atoms with van der Waals surface area (Å²) in [5.41, 5.74) is 10.7. The first-order chi connectivity index (χ1) is 9.70. The third-order valence-electron chi connectivity index (χ3n) is 2.78. The van der Waals surface area contributed by atoms with E-state index in [1.807, 2.05) is 0 Å². The van der Waals surface area contributed by atoms with Crippen LogP contribution in [0.25, 0.3) is 0 Å². The minimum atomic E-state index is -0.249. The molecule has 0 spiro atoms. The lowest BCUT2D eigenvalue weighted by molar-refractivity contribution is -0.152. The van der Waals surface area contributed by atoms with Crippen LogP contribution in [0, 0.1) is 0 Å². The average molecular weight is 288 g/mol. The Morgan fingerprint density at radius 1 is 0.650 bits per heavy atom. The molecule has 0 saturated carbocycles. The lowest BCUT2D eigenvalue weighted by Crippen LogP contribution is -2.14. The Morgan fingerprint density at radius 3 is 1.40 bits per heavy atom. The van der Waals surface area contributed by atoms with E-state index in [9.17, 15) is 9.59 Å². The molecule has 0 atom stereocenters. The second-order valence-corrected chi connectivity index (χ2v) is 4.64. The van der Waals surface area contributed by atoms with Crippen LogP contribution in [-0.2, 0) is 19.1 Å². The van der Waals surface area contributed by atoms with Crippen LogP contribution in [0.1, 0.15) is 51.4 Å². The molecule has 0 bridgehead atoms. The van der Waals surface area contributed by atoms with E-state index < -0.39 is 0 Å². The Kier molecular flexibility index (Phi) is 13.5. The molecule has 0 heterocycles. The molecule has 6 heteroatoms. The van der Waals surface area contributed by atoms with E-state index in [1.165, 1.54) is 0 Å². The Labute approximate surface area is 121 Å². The lowest BCUT2D eigenvalue weighted by Gasteiger charge is -2.06. The molecule has 0 aliphatic rings. The van der Waals surface area contributed by atoms with Crippen molar-refractivity contribution in [1.82, 2.24) is 0 Å². The molecule has 0 saturated heterocycles. The molecule has 0 unspecified atom stereocenters. The van der Waals surface area contributed by atoms with E-state index >= 15 is 0 Å². The number of ether oxygens (including phenoxy) is 2. The summed E-state index contributed by atoms with van der Waals surface area (Å²) in [6, 6.07) is 0. The number of carbonyl (C=O) groups is 2. The Morgan fingerprint density at radius 2 is 1.05 bits per heavy atom. The van der Waals surface area contributed by atoms with Gasteiger partial charge in [-0.1, -0.05) is 12.8 Å². The minimum absolute atomic E-state index is 0.129. The topological polar surface area (TPSA) is 105 Å². The Balaban J connectivity index is 3.32. The maximum atomic E-state index is 11.3. The van der Waals surface area contributed by atoms with Gasteiger partial charge in [-0.25, -0.2) is 0 Å². The molecule has 20 heavy (non-hydrogen) atoms. The van der Waals surface area contributed by atoms with Crippen LogP contribution in [0.15, 0.2) is 0 Å². The molecular formula is C14H28N2O4. The molecule has 6 nitrogen and oxygen atoms in total. The highest BCUT2D eigenvalue weighted by atomic mass is 16.6. The zero-order chi connectivity index (χ0) is 15.1. The highest BCUT2D eigenvalue weighted by Gasteiger charge is 2.05. The number of nitrogens with two attached hydrogens (primary N) is 2. The summed E-state index contributed by atoms with van der Waals surface area (Å²) in [6.45, 7) is 1.56. The predicted octanol–water partition coefficient (Wildman–Crippen LogP) is 1.11. The van der Waals surface area contributed by atoms with Gasteiger partial charge >= 0.3 is 11.9 Å². The second-order valence-electron chi connectivity index (χ2n) is 4.64. The fourth-order valence-corrected chi connectivity index (χ4v) is 1.64. The third-order valence-corrected chi connectivity index (χ3v) is 2.78. The van der Waals surface area contributed by atoms with E-state index in [0.717, 1.165) is 38.5 Å². The molecule has 0 radical (unpaired) electrons. The average Bonchev–Trinajstić information content (AvgIpc) is 2.44. The van der Waals surface area contributed by atoms with E-state index in [4.69, 9.17) is 20.9 Å². The number of hydrogen-bond acceptors (Lipinski definition) is 6. The fourth-order valence-electron chi connectivity index (χ4n) is 1.64. The van der Waals surface area contributed by atoms with Crippen LogP contribution in [-0.4, -0.2) is 38.2 Å². The highest BCUT2D eigenvalue weighted by Crippen LogP contribution is 2.02. The predicted molar refractivity (Wildman–Crippen MR) is 77.0 cm³/mol. The molecule has 0 aromatic heterocycles. The summed E-state index contributed by atoms with van der Waals surface area (Å²) in [5, 5.41) is 0. The summed E-state index contributed by atoms with van der Waals surface area (Å²) >= 11 is 0. The maximum Gasteiger partial charge on any atom is 0.305 e. The first-order valence-corrected chi connectivity index (χ1v) is 7.42. The van der Waals surface area contributed by atoms with E-state index in [0.29, 0.717) is 25.9 Å². The van der Waals surface area contributed by atoms with Gasteiger partial charge in [-0.05, 0) is 38.8 Å². The molecular weight excluding hydrogens is 260 g/mol. The molecule has 0 fully saturated rings. The van der Waals surface area contributed by atoms with Crippen molar-refractivity contribution in [3.63, 3.8) is 0 Å². The van der Waals surface area contributed by atoms with Gasteiger partial charge in [-0.3, -0.25) is 9.59 Å². The van der Waals surface area contributed by atoms with Crippen molar-refractivity contribution in [3.8, 4) is 0 Å². The van der Waals surface area contributed by atoms with Gasteiger partial charge in [0.05, 0.1) is 0 Å². The number of unbranched alkanes of at least 4 members (excludes halogenated alkanes) is 4. The van der Waals surface area contributed by atoms with Crippen molar-refractivity contribution >= 4 is 11.9 Å². The maximum absolute atomic E-state index is 11.3. The highest BCUT2D eigenvalue weighted by molar-refractivity contribution is 5.70. The molecule has 118 valence electrons. The SMILES string of the molecule is NCCCCCC(=O)OCCOC(=O)CCCCCN. The normalized spacial score (nSPS) is 10.3. The van der Waals surface area contributed by atoms with Gasteiger partial charge in [0.15, 0.2) is 0 Å². The molecule has 0 rings (SSSR count). The van der Waals surface area contributed by atoms with Crippen molar-refractivity contribution in [3.05, 3.63) is 0 Å². The lowest BCUT2D eigenvalue weighted by atomic mass is 10.2. The standard InChI is InChI=1S/C14H28N2O4/c15-9-5-1-3-7-13(17)19-11-12-20-14(18)8-4-2-6-10-16/h1-12,15-16H2. The molecule has 0 amide bonds. The van der Waals surface area contributed by atoms with Crippen LogP contribution in [0.5, 0.6) is 0 Å². The van der Waals surface area contributed by atoms with Crippen LogP contribution < -0.4 is 11.5 Å². The van der Waals surface area contributed by atoms with Crippen LogP contribution >= 0.6 is 0 Å². The second kappa shape index (κ2) is 14.3. The van der Waals surface area contributed by atoms with Crippen molar-refractivity contribution in [2.24, 2.45) is 11.5 Å². The molecule has 0 aliphatic carbocycles. The van der Waals surface area contributed by atoms with Gasteiger partial charge in [0.1, 0.15) is 13.2 Å². The monoisotopic (exact) mass is 288 g/mol. The molecule has 0 aromatic carbocycles. The zero-order valence-electron chi connectivity index (χ0n) is 12.3. The third kappa shape index (κ3) is 13.3. The van der Waals surface area contributed by atoms with Gasteiger partial charge in [0.2, 0.25) is 0 Å². The van der Waals surface area contributed by atoms with Gasteiger partial charge in [-0.15, -0.1) is 0 Å². The summed E-state index contributed by atoms with van der Waals surface area (Å²) < 4.78 is 9.90. The number of rotatable bonds is 13. The van der Waals surface area contributed by atoms with Crippen molar-refractivity contribution in [2.75, 3.05) is 26.3 Å². The first kappa shape index (κ1) is 18.9. The van der Waals surface area contributed by atoms with Crippen LogP contribution in [0.3, 0.4) is 0 Å². The quantitative estimate of drug-likeness (QED) is 0.388. The van der Waals surface area contributed by atoms with Gasteiger partial charge < -0.3 is 20.9 Å². The van der Waals surface area contributed by atoms with Gasteiger partial charge in [0.25, 0.3) is 0 Å². The smallest absolute Gasteiger partial charge is 0.305 e. The first-order valence-electron chi connectivity index (χ1n) is 7.42. The number of carbonyl (C=O) groups excluding carboxylic acids is 2. The molecule has 4 N–H and O–H groups in total. The number of esters is 2. The minimum Gasteiger partial charge on any atom is -0.462 e. The van der Waals surface area contributed by atoms with Gasteiger partial charge in [-0.2, -0.15) is 0 Å². The zero-order valence-corrected chi connectivity index (χ0v) is 12.3. The van der Waals surface area contributed by atoms with Crippen LogP contribution in [0.4, 0.5) is 0 Å². The van der Waals surface area contributed by atoms with E-state index in [2.05, 4.69) is 0 Å². The van der Waals surface area contributed by atoms with E-state index in [-0.39, 0.29) is 25.2 Å². The Bertz CT molecular complexity index is 234. The van der Waals surface area contributed by atoms with Crippen molar-refractivity contribution < 1.29 is 19.1 Å². The van der Waals surface area contributed by atoms with E-state index in [1.54, 1.807) is 0 Å². The Hall–Kier alpha value is -1.14. The largest absolute Gasteiger partial charge is 0.462 e. The van der Waals surface area contributed by atoms with Crippen molar-refractivity contribution in [2.45, 2.75) is 51.4 Å². The van der Waals surface area contributed by atoms with Gasteiger partial charge in [0, 0.05) is 12.8 Å². The molecule has 0 aromatic rings. The summed E-state index contributed by atoms with van der Waals surface area (Å²) in [4.78, 5) is 22.6. The summed E-state index contributed by atoms with van der Waals surface area (Å²) in [6.07, 6.45) is 6.09. The van der Waals surface area contributed by atoms with Crippen LogP contribution in [0.2, 0.25) is 0 Å². The van der Waals surface area contributed by atoms with Crippen molar-refractivity contribution in [1.29, 1.82) is 0 Å². The summed E-state index contributed by atoms with van der Waals surface area (Å²) in [5.74, 6) is -0.498. The number of hydrogen-bond donors (Lipinski definition) is 2. The fraction of sp³-hybridized carbons (Fsp3) is 0.857. The molecule has 0 aliphatic heterocycles. The summed E-state index contributed by atoms with van der Waals surface area (Å²) in [7, 11) is 0.